The van der Waals surface area contributed by atoms with Gasteiger partial charge in [0.1, 0.15) is 0 Å². The number of nitrogens with one attached hydrogen (secondary N) is 1. The Morgan fingerprint density at radius 1 is 0.917 bits per heavy atom. The third-order valence-electron chi connectivity index (χ3n) is 4.25. The maximum Gasteiger partial charge on any atom is 0.414 e. The van der Waals surface area contributed by atoms with Crippen LogP contribution in [-0.2, 0) is 16.1 Å². The van der Waals surface area contributed by atoms with Crippen LogP contribution in [0.15, 0.2) is 42.5 Å². The molecule has 0 amide bonds. The summed E-state index contributed by atoms with van der Waals surface area (Å²) in [5, 5.41) is 21.3. The summed E-state index contributed by atoms with van der Waals surface area (Å²) in [6.07, 6.45) is 6.92. The molecule has 5 nitrogen and oxygen atoms in total. The topological polar surface area (TPSA) is 86.6 Å². The highest BCUT2D eigenvalue weighted by Gasteiger charge is 2.12. The van der Waals surface area contributed by atoms with E-state index in [1.54, 1.807) is 0 Å². The van der Waals surface area contributed by atoms with Crippen LogP contribution >= 0.6 is 0 Å². The van der Waals surface area contributed by atoms with Crippen molar-refractivity contribution in [1.29, 1.82) is 0 Å². The van der Waals surface area contributed by atoms with Gasteiger partial charge in [0.15, 0.2) is 0 Å². The first kappa shape index (κ1) is 17.9. The molecule has 1 aliphatic rings. The van der Waals surface area contributed by atoms with Crippen molar-refractivity contribution in [1.82, 2.24) is 5.32 Å². The Balaban J connectivity index is 0.000000301. The molecule has 1 aliphatic carbocycles. The fraction of sp³-hybridized carbons (Fsp3) is 0.368. The number of rotatable bonds is 3. The minimum atomic E-state index is -1.82. The maximum atomic E-state index is 9.10. The Kier molecular flexibility index (Phi) is 6.75. The predicted molar refractivity (Wildman–Crippen MR) is 92.9 cm³/mol. The van der Waals surface area contributed by atoms with Crippen molar-refractivity contribution in [2.24, 2.45) is 0 Å². The average molecular weight is 329 g/mol. The molecule has 0 aliphatic heterocycles. The monoisotopic (exact) mass is 329 g/mol. The van der Waals surface area contributed by atoms with Crippen molar-refractivity contribution in [2.45, 2.75) is 44.7 Å². The van der Waals surface area contributed by atoms with Crippen molar-refractivity contribution < 1.29 is 19.8 Å². The number of carboxylic acid groups (broad SMARTS) is 2. The summed E-state index contributed by atoms with van der Waals surface area (Å²) in [6.45, 7) is 1.01. The molecular formula is C19H23NO4. The molecule has 0 radical (unpaired) electrons. The van der Waals surface area contributed by atoms with Crippen LogP contribution in [0.3, 0.4) is 0 Å². The first-order valence-electron chi connectivity index (χ1n) is 8.24. The van der Waals surface area contributed by atoms with Crippen LogP contribution in [0.5, 0.6) is 0 Å². The largest absolute Gasteiger partial charge is 0.473 e. The molecule has 0 heterocycles. The number of hydrogen-bond donors (Lipinski definition) is 3. The fourth-order valence-electron chi connectivity index (χ4n) is 3.01. The minimum absolute atomic E-state index is 0.734. The van der Waals surface area contributed by atoms with Crippen molar-refractivity contribution in [2.75, 3.05) is 0 Å². The molecule has 2 aromatic carbocycles. The third-order valence-corrected chi connectivity index (χ3v) is 4.25. The van der Waals surface area contributed by atoms with Gasteiger partial charge in [0, 0.05) is 12.6 Å². The maximum absolute atomic E-state index is 9.10. The van der Waals surface area contributed by atoms with E-state index in [4.69, 9.17) is 19.8 Å². The van der Waals surface area contributed by atoms with E-state index in [0.717, 1.165) is 12.6 Å². The van der Waals surface area contributed by atoms with Gasteiger partial charge in [-0.05, 0) is 29.2 Å². The van der Waals surface area contributed by atoms with Crippen molar-refractivity contribution >= 4 is 22.7 Å². The standard InChI is InChI=1S/C17H21N.C2H2O4/c1-2-10-16(11-3-1)18-13-15-9-6-8-14-7-4-5-12-17(14)15;3-1(4)2(5)6/h4-9,12,16,18H,1-3,10-11,13H2;(H,3,4)(H,5,6). The Hall–Kier alpha value is -2.40. The molecule has 0 aromatic heterocycles. The molecule has 3 rings (SSSR count). The highest BCUT2D eigenvalue weighted by Crippen LogP contribution is 2.21. The molecule has 128 valence electrons. The van der Waals surface area contributed by atoms with E-state index in [1.807, 2.05) is 0 Å². The van der Waals surface area contributed by atoms with Crippen LogP contribution in [0.1, 0.15) is 37.7 Å². The lowest BCUT2D eigenvalue weighted by atomic mass is 9.95. The smallest absolute Gasteiger partial charge is 0.414 e. The summed E-state index contributed by atoms with van der Waals surface area (Å²) in [7, 11) is 0. The molecule has 1 fully saturated rings. The van der Waals surface area contributed by atoms with E-state index in [9.17, 15) is 0 Å². The summed E-state index contributed by atoms with van der Waals surface area (Å²) in [5.41, 5.74) is 1.43. The van der Waals surface area contributed by atoms with Gasteiger partial charge in [-0.25, -0.2) is 9.59 Å². The van der Waals surface area contributed by atoms with E-state index in [1.165, 1.54) is 48.4 Å². The van der Waals surface area contributed by atoms with Gasteiger partial charge in [0.05, 0.1) is 0 Å². The van der Waals surface area contributed by atoms with Gasteiger partial charge in [0.2, 0.25) is 0 Å². The number of carboxylic acids is 2. The van der Waals surface area contributed by atoms with Gasteiger partial charge in [0.25, 0.3) is 0 Å². The Labute approximate surface area is 141 Å². The third kappa shape index (κ3) is 5.35. The molecule has 2 aromatic rings. The molecule has 24 heavy (non-hydrogen) atoms. The van der Waals surface area contributed by atoms with Gasteiger partial charge >= 0.3 is 11.9 Å². The first-order valence-corrected chi connectivity index (χ1v) is 8.24. The van der Waals surface area contributed by atoms with E-state index in [2.05, 4.69) is 47.8 Å². The predicted octanol–water partition coefficient (Wildman–Crippen LogP) is 3.42. The van der Waals surface area contributed by atoms with Crippen molar-refractivity contribution in [3.63, 3.8) is 0 Å². The summed E-state index contributed by atoms with van der Waals surface area (Å²) in [6, 6.07) is 16.0. The van der Waals surface area contributed by atoms with Gasteiger partial charge in [-0.2, -0.15) is 0 Å². The highest BCUT2D eigenvalue weighted by atomic mass is 16.4. The summed E-state index contributed by atoms with van der Waals surface area (Å²) < 4.78 is 0. The van der Waals surface area contributed by atoms with Crippen molar-refractivity contribution in [3.8, 4) is 0 Å². The Morgan fingerprint density at radius 2 is 1.54 bits per heavy atom. The van der Waals surface area contributed by atoms with E-state index in [0.29, 0.717) is 0 Å². The van der Waals surface area contributed by atoms with E-state index >= 15 is 0 Å². The van der Waals surface area contributed by atoms with Gasteiger partial charge in [-0.15, -0.1) is 0 Å². The van der Waals surface area contributed by atoms with Gasteiger partial charge in [-0.1, -0.05) is 61.7 Å². The molecular weight excluding hydrogens is 306 g/mol. The highest BCUT2D eigenvalue weighted by molar-refractivity contribution is 6.27. The lowest BCUT2D eigenvalue weighted by molar-refractivity contribution is -0.159. The molecule has 0 atom stereocenters. The quantitative estimate of drug-likeness (QED) is 0.751. The molecule has 0 spiro atoms. The average Bonchev–Trinajstić information content (AvgIpc) is 2.61. The second kappa shape index (κ2) is 9.03. The lowest BCUT2D eigenvalue weighted by Crippen LogP contribution is -2.30. The van der Waals surface area contributed by atoms with Crippen molar-refractivity contribution in [3.05, 3.63) is 48.0 Å². The second-order valence-corrected chi connectivity index (χ2v) is 5.96. The normalized spacial score (nSPS) is 14.7. The molecule has 3 N–H and O–H groups in total. The molecule has 0 bridgehead atoms. The fourth-order valence-corrected chi connectivity index (χ4v) is 3.01. The van der Waals surface area contributed by atoms with Gasteiger partial charge < -0.3 is 15.5 Å². The first-order chi connectivity index (χ1) is 11.6. The number of fused-ring (bicyclic) bond motifs is 1. The van der Waals surface area contributed by atoms with Crippen LogP contribution in [-0.4, -0.2) is 28.2 Å². The number of benzene rings is 2. The minimum Gasteiger partial charge on any atom is -0.473 e. The molecule has 0 saturated heterocycles. The molecule has 1 saturated carbocycles. The zero-order valence-corrected chi connectivity index (χ0v) is 13.6. The summed E-state index contributed by atoms with van der Waals surface area (Å²) >= 11 is 0. The van der Waals surface area contributed by atoms with Gasteiger partial charge in [-0.3, -0.25) is 0 Å². The lowest BCUT2D eigenvalue weighted by Gasteiger charge is -2.23. The zero-order valence-electron chi connectivity index (χ0n) is 13.6. The number of aliphatic carboxylic acids is 2. The second-order valence-electron chi connectivity index (χ2n) is 5.96. The molecule has 0 unspecified atom stereocenters. The van der Waals surface area contributed by atoms with Crippen LogP contribution in [0, 0.1) is 0 Å². The number of hydrogen-bond acceptors (Lipinski definition) is 3. The summed E-state index contributed by atoms with van der Waals surface area (Å²) in [4.78, 5) is 18.2. The summed E-state index contributed by atoms with van der Waals surface area (Å²) in [5.74, 6) is -3.65. The van der Waals surface area contributed by atoms with Crippen LogP contribution in [0.25, 0.3) is 10.8 Å². The number of carbonyl (C=O) groups is 2. The Morgan fingerprint density at radius 3 is 2.21 bits per heavy atom. The Bertz CT molecular complexity index is 675. The van der Waals surface area contributed by atoms with Crippen LogP contribution in [0.4, 0.5) is 0 Å². The van der Waals surface area contributed by atoms with E-state index in [-0.39, 0.29) is 0 Å². The molecule has 5 heteroatoms. The van der Waals surface area contributed by atoms with E-state index < -0.39 is 11.9 Å². The van der Waals surface area contributed by atoms with Crippen LogP contribution < -0.4 is 5.32 Å². The van der Waals surface area contributed by atoms with Crippen LogP contribution in [0.2, 0.25) is 0 Å². The zero-order chi connectivity index (χ0) is 17.4. The SMILES string of the molecule is O=C(O)C(=O)O.c1ccc2c(CNC3CCCCC3)cccc2c1.